The summed E-state index contributed by atoms with van der Waals surface area (Å²) in [6.45, 7) is 0. The van der Waals surface area contributed by atoms with Gasteiger partial charge in [-0.05, 0) is 36.4 Å². The van der Waals surface area contributed by atoms with Gasteiger partial charge in [-0.1, -0.05) is 12.1 Å². The van der Waals surface area contributed by atoms with Crippen LogP contribution in [0, 0.1) is 0 Å². The number of halogens is 6. The minimum absolute atomic E-state index is 0.0556. The molecule has 0 heterocycles. The summed E-state index contributed by atoms with van der Waals surface area (Å²) in [5.41, 5.74) is -2.53. The standard InChI is InChI=1S/C20H12F6N2O2/c21-19(22,23)11-3-1-5-13(7-11)27-15-9-18(30)16(10-17(15)29)28-14-6-2-4-12(8-14)20(24,25)26/h1-10,27-28H. The van der Waals surface area contributed by atoms with Crippen molar-refractivity contribution in [3.63, 3.8) is 0 Å². The van der Waals surface area contributed by atoms with Crippen molar-refractivity contribution in [3.05, 3.63) is 83.2 Å². The van der Waals surface area contributed by atoms with Gasteiger partial charge in [0.2, 0.25) is 11.6 Å². The molecule has 1 aliphatic rings. The van der Waals surface area contributed by atoms with Crippen LogP contribution in [0.4, 0.5) is 37.7 Å². The second-order valence-electron chi connectivity index (χ2n) is 6.25. The molecule has 0 spiro atoms. The van der Waals surface area contributed by atoms with Crippen molar-refractivity contribution in [2.45, 2.75) is 12.4 Å². The second-order valence-corrected chi connectivity index (χ2v) is 6.25. The van der Waals surface area contributed by atoms with Crippen LogP contribution < -0.4 is 10.6 Å². The van der Waals surface area contributed by atoms with E-state index in [-0.39, 0.29) is 22.8 Å². The average molecular weight is 426 g/mol. The van der Waals surface area contributed by atoms with Crippen LogP contribution in [0.25, 0.3) is 0 Å². The predicted molar refractivity (Wildman–Crippen MR) is 96.3 cm³/mol. The van der Waals surface area contributed by atoms with E-state index in [1.165, 1.54) is 12.1 Å². The van der Waals surface area contributed by atoms with E-state index in [9.17, 15) is 35.9 Å². The number of hydrogen-bond acceptors (Lipinski definition) is 4. The summed E-state index contributed by atoms with van der Waals surface area (Å²) in [5.74, 6) is -1.47. The van der Waals surface area contributed by atoms with E-state index in [1.54, 1.807) is 0 Å². The molecule has 0 radical (unpaired) electrons. The number of allylic oxidation sites excluding steroid dienone is 2. The van der Waals surface area contributed by atoms with Gasteiger partial charge >= 0.3 is 12.4 Å². The molecule has 0 aliphatic heterocycles. The number of ketones is 2. The smallest absolute Gasteiger partial charge is 0.352 e. The molecule has 0 unspecified atom stereocenters. The Hall–Kier alpha value is -3.56. The number of carbonyl (C=O) groups excluding carboxylic acids is 2. The average Bonchev–Trinajstić information content (AvgIpc) is 2.65. The van der Waals surface area contributed by atoms with Crippen molar-refractivity contribution in [1.82, 2.24) is 0 Å². The van der Waals surface area contributed by atoms with Gasteiger partial charge in [-0.3, -0.25) is 9.59 Å². The Morgan fingerprint density at radius 1 is 0.600 bits per heavy atom. The summed E-state index contributed by atoms with van der Waals surface area (Å²) in [4.78, 5) is 24.5. The molecule has 2 aromatic rings. The van der Waals surface area contributed by atoms with E-state index < -0.39 is 35.0 Å². The zero-order valence-corrected chi connectivity index (χ0v) is 14.9. The van der Waals surface area contributed by atoms with E-state index in [2.05, 4.69) is 10.6 Å². The maximum Gasteiger partial charge on any atom is 0.416 e. The third-order valence-electron chi connectivity index (χ3n) is 4.02. The van der Waals surface area contributed by atoms with E-state index in [0.29, 0.717) is 0 Å². The van der Waals surface area contributed by atoms with Gasteiger partial charge in [-0.15, -0.1) is 0 Å². The Kier molecular flexibility index (Phi) is 5.43. The maximum absolute atomic E-state index is 12.8. The number of rotatable bonds is 4. The minimum Gasteiger partial charge on any atom is -0.352 e. The fraction of sp³-hybridized carbons (Fsp3) is 0.100. The first-order valence-electron chi connectivity index (χ1n) is 8.34. The summed E-state index contributed by atoms with van der Waals surface area (Å²) < 4.78 is 76.8. The lowest BCUT2D eigenvalue weighted by atomic mass is 10.0. The Bertz CT molecular complexity index is 982. The summed E-state index contributed by atoms with van der Waals surface area (Å²) in [5, 5.41) is 4.91. The van der Waals surface area contributed by atoms with Crippen LogP contribution in [0.2, 0.25) is 0 Å². The van der Waals surface area contributed by atoms with E-state index >= 15 is 0 Å². The highest BCUT2D eigenvalue weighted by Gasteiger charge is 2.31. The van der Waals surface area contributed by atoms with E-state index in [4.69, 9.17) is 0 Å². The first-order chi connectivity index (χ1) is 13.9. The highest BCUT2D eigenvalue weighted by Crippen LogP contribution is 2.32. The quantitative estimate of drug-likeness (QED) is 0.523. The highest BCUT2D eigenvalue weighted by atomic mass is 19.4. The van der Waals surface area contributed by atoms with Crippen LogP contribution >= 0.6 is 0 Å². The Labute approximate surface area is 165 Å². The molecule has 0 saturated carbocycles. The van der Waals surface area contributed by atoms with Crippen molar-refractivity contribution in [3.8, 4) is 0 Å². The summed E-state index contributed by atoms with van der Waals surface area (Å²) in [7, 11) is 0. The number of carbonyl (C=O) groups is 2. The van der Waals surface area contributed by atoms with Gasteiger partial charge in [-0.2, -0.15) is 26.3 Å². The molecular weight excluding hydrogens is 414 g/mol. The van der Waals surface area contributed by atoms with Crippen LogP contribution in [0.3, 0.4) is 0 Å². The summed E-state index contributed by atoms with van der Waals surface area (Å²) >= 11 is 0. The van der Waals surface area contributed by atoms with Crippen LogP contribution in [-0.4, -0.2) is 11.6 Å². The van der Waals surface area contributed by atoms with Gasteiger partial charge in [0.05, 0.1) is 22.5 Å². The molecule has 0 fully saturated rings. The molecule has 3 rings (SSSR count). The van der Waals surface area contributed by atoms with Gasteiger partial charge in [0.15, 0.2) is 0 Å². The monoisotopic (exact) mass is 426 g/mol. The number of nitrogens with one attached hydrogen (secondary N) is 2. The SMILES string of the molecule is O=C1C=C(Nc2cccc(C(F)(F)F)c2)C(=O)C=C1Nc1cccc(C(F)(F)F)c1. The first kappa shape index (κ1) is 21.2. The number of alkyl halides is 6. The zero-order chi connectivity index (χ0) is 22.1. The Morgan fingerprint density at radius 3 is 1.30 bits per heavy atom. The zero-order valence-electron chi connectivity index (χ0n) is 14.9. The molecule has 156 valence electrons. The van der Waals surface area contributed by atoms with Crippen LogP contribution in [0.5, 0.6) is 0 Å². The number of hydrogen-bond donors (Lipinski definition) is 2. The Balaban J connectivity index is 1.77. The third-order valence-corrected chi connectivity index (χ3v) is 4.02. The first-order valence-corrected chi connectivity index (χ1v) is 8.34. The number of anilines is 2. The molecule has 0 bridgehead atoms. The van der Waals surface area contributed by atoms with Crippen LogP contribution in [0.15, 0.2) is 72.1 Å². The molecule has 10 heteroatoms. The van der Waals surface area contributed by atoms with Gasteiger partial charge < -0.3 is 10.6 Å². The molecule has 0 saturated heterocycles. The van der Waals surface area contributed by atoms with Crippen LogP contribution in [0.1, 0.15) is 11.1 Å². The third kappa shape index (κ3) is 4.88. The predicted octanol–water partition coefficient (Wildman–Crippen LogP) is 5.17. The van der Waals surface area contributed by atoms with Crippen molar-refractivity contribution in [2.24, 2.45) is 0 Å². The van der Waals surface area contributed by atoms with Crippen molar-refractivity contribution < 1.29 is 35.9 Å². The maximum atomic E-state index is 12.8. The lowest BCUT2D eigenvalue weighted by Crippen LogP contribution is -2.22. The number of benzene rings is 2. The van der Waals surface area contributed by atoms with Crippen molar-refractivity contribution in [1.29, 1.82) is 0 Å². The molecule has 1 aliphatic carbocycles. The molecule has 0 amide bonds. The topological polar surface area (TPSA) is 58.2 Å². The van der Waals surface area contributed by atoms with E-state index in [1.807, 2.05) is 0 Å². The van der Waals surface area contributed by atoms with Gasteiger partial charge in [0, 0.05) is 23.5 Å². The fourth-order valence-corrected chi connectivity index (χ4v) is 2.61. The summed E-state index contributed by atoms with van der Waals surface area (Å²) in [6, 6.07) is 8.10. The molecule has 0 aromatic heterocycles. The molecular formula is C20H12F6N2O2. The highest BCUT2D eigenvalue weighted by molar-refractivity contribution is 6.21. The summed E-state index contributed by atoms with van der Waals surface area (Å²) in [6.07, 6.45) is -7.45. The van der Waals surface area contributed by atoms with Crippen molar-refractivity contribution in [2.75, 3.05) is 10.6 Å². The lowest BCUT2D eigenvalue weighted by Gasteiger charge is -2.17. The van der Waals surface area contributed by atoms with Gasteiger partial charge in [-0.25, -0.2) is 0 Å². The Morgan fingerprint density at radius 2 is 0.967 bits per heavy atom. The molecule has 30 heavy (non-hydrogen) atoms. The second kappa shape index (κ2) is 7.69. The van der Waals surface area contributed by atoms with Gasteiger partial charge in [0.25, 0.3) is 0 Å². The van der Waals surface area contributed by atoms with Gasteiger partial charge in [0.1, 0.15) is 0 Å². The molecule has 2 aromatic carbocycles. The fourth-order valence-electron chi connectivity index (χ4n) is 2.61. The van der Waals surface area contributed by atoms with Crippen LogP contribution in [-0.2, 0) is 21.9 Å². The largest absolute Gasteiger partial charge is 0.416 e. The molecule has 2 N–H and O–H groups in total. The minimum atomic E-state index is -4.58. The van der Waals surface area contributed by atoms with Crippen molar-refractivity contribution >= 4 is 22.9 Å². The van der Waals surface area contributed by atoms with E-state index in [0.717, 1.165) is 48.6 Å². The lowest BCUT2D eigenvalue weighted by molar-refractivity contribution is -0.138. The molecule has 0 atom stereocenters. The normalized spacial score (nSPS) is 14.9. The molecule has 4 nitrogen and oxygen atoms in total.